The van der Waals surface area contributed by atoms with Crippen LogP contribution in [0.25, 0.3) is 0 Å². The molecule has 0 aliphatic rings. The van der Waals surface area contributed by atoms with Crippen molar-refractivity contribution in [3.63, 3.8) is 0 Å². The van der Waals surface area contributed by atoms with Crippen LogP contribution in [-0.4, -0.2) is 19.2 Å². The maximum Gasteiger partial charge on any atom is 0.319 e. The van der Waals surface area contributed by atoms with Crippen LogP contribution in [0.5, 0.6) is 5.75 Å². The van der Waals surface area contributed by atoms with Crippen molar-refractivity contribution in [2.24, 2.45) is 0 Å². The van der Waals surface area contributed by atoms with E-state index in [0.717, 1.165) is 5.75 Å². The van der Waals surface area contributed by atoms with Gasteiger partial charge < -0.3 is 15.4 Å². The Morgan fingerprint density at radius 2 is 1.83 bits per heavy atom. The highest BCUT2D eigenvalue weighted by molar-refractivity contribution is 5.89. The highest BCUT2D eigenvalue weighted by Crippen LogP contribution is 2.15. The number of nitrogens with one attached hydrogen (secondary N) is 2. The maximum absolute atomic E-state index is 12.7. The largest absolute Gasteiger partial charge is 0.494 e. The Morgan fingerprint density at radius 1 is 1.13 bits per heavy atom. The van der Waals surface area contributed by atoms with Gasteiger partial charge in [-0.2, -0.15) is 0 Å². The number of urea groups is 1. The molecular weight excluding hydrogens is 295 g/mol. The summed E-state index contributed by atoms with van der Waals surface area (Å²) in [4.78, 5) is 11.7. The molecule has 2 amide bonds. The first-order valence-electron chi connectivity index (χ1n) is 7.19. The molecule has 0 aliphatic heterocycles. The van der Waals surface area contributed by atoms with Crippen LogP contribution in [0.3, 0.4) is 0 Å². The van der Waals surface area contributed by atoms with Gasteiger partial charge in [0.25, 0.3) is 0 Å². The van der Waals surface area contributed by atoms with Crippen molar-refractivity contribution in [1.82, 2.24) is 5.32 Å². The summed E-state index contributed by atoms with van der Waals surface area (Å²) in [6, 6.07) is 12.6. The van der Waals surface area contributed by atoms with E-state index < -0.39 is 0 Å². The fourth-order valence-electron chi connectivity index (χ4n) is 1.78. The summed E-state index contributed by atoms with van der Waals surface area (Å²) < 4.78 is 18.1. The van der Waals surface area contributed by atoms with E-state index in [-0.39, 0.29) is 18.4 Å². The second-order valence-electron chi connectivity index (χ2n) is 4.57. The molecule has 2 aromatic rings. The quantitative estimate of drug-likeness (QED) is 0.850. The number of rotatable bonds is 4. The summed E-state index contributed by atoms with van der Waals surface area (Å²) in [5.74, 6) is 6.09. The van der Waals surface area contributed by atoms with Gasteiger partial charge in [-0.05, 0) is 55.5 Å². The third-order valence-corrected chi connectivity index (χ3v) is 2.84. The number of ether oxygens (including phenoxy) is 1. The maximum atomic E-state index is 12.7. The fourth-order valence-corrected chi connectivity index (χ4v) is 1.78. The van der Waals surface area contributed by atoms with E-state index in [9.17, 15) is 9.18 Å². The number of amides is 2. The van der Waals surface area contributed by atoms with Gasteiger partial charge >= 0.3 is 6.03 Å². The zero-order valence-corrected chi connectivity index (χ0v) is 12.7. The number of carbonyl (C=O) groups is 1. The van der Waals surface area contributed by atoms with Gasteiger partial charge in [0.15, 0.2) is 0 Å². The second-order valence-corrected chi connectivity index (χ2v) is 4.57. The van der Waals surface area contributed by atoms with Crippen LogP contribution >= 0.6 is 0 Å². The van der Waals surface area contributed by atoms with Crippen molar-refractivity contribution >= 4 is 11.7 Å². The standard InChI is InChI=1S/C18H17FN2O2/c1-2-23-17-11-9-16(10-12-17)21-18(22)20-13-3-4-14-5-7-15(19)8-6-14/h5-12H,2,13H2,1H3,(H2,20,21,22). The summed E-state index contributed by atoms with van der Waals surface area (Å²) in [5, 5.41) is 5.32. The number of benzene rings is 2. The van der Waals surface area contributed by atoms with E-state index >= 15 is 0 Å². The van der Waals surface area contributed by atoms with Crippen molar-refractivity contribution in [2.45, 2.75) is 6.92 Å². The third-order valence-electron chi connectivity index (χ3n) is 2.84. The van der Waals surface area contributed by atoms with Crippen molar-refractivity contribution < 1.29 is 13.9 Å². The summed E-state index contributed by atoms with van der Waals surface area (Å²) in [6.07, 6.45) is 0. The van der Waals surface area contributed by atoms with Crippen molar-refractivity contribution in [3.05, 3.63) is 59.9 Å². The lowest BCUT2D eigenvalue weighted by Gasteiger charge is -2.07. The number of carbonyl (C=O) groups excluding carboxylic acids is 1. The first kappa shape index (κ1) is 16.4. The molecule has 0 aromatic heterocycles. The Bertz CT molecular complexity index is 701. The van der Waals surface area contributed by atoms with Gasteiger partial charge in [0.1, 0.15) is 11.6 Å². The molecule has 0 unspecified atom stereocenters. The Labute approximate surface area is 134 Å². The van der Waals surface area contributed by atoms with Gasteiger partial charge in [-0.25, -0.2) is 9.18 Å². The Morgan fingerprint density at radius 3 is 2.48 bits per heavy atom. The van der Waals surface area contributed by atoms with Crippen molar-refractivity contribution in [2.75, 3.05) is 18.5 Å². The molecule has 0 fully saturated rings. The van der Waals surface area contributed by atoms with Gasteiger partial charge in [0, 0.05) is 11.3 Å². The highest BCUT2D eigenvalue weighted by atomic mass is 19.1. The van der Waals surface area contributed by atoms with Crippen LogP contribution in [0.1, 0.15) is 12.5 Å². The van der Waals surface area contributed by atoms with E-state index in [1.165, 1.54) is 12.1 Å². The van der Waals surface area contributed by atoms with E-state index in [0.29, 0.717) is 17.9 Å². The number of hydrogen-bond acceptors (Lipinski definition) is 2. The minimum Gasteiger partial charge on any atom is -0.494 e. The van der Waals surface area contributed by atoms with Crippen molar-refractivity contribution in [3.8, 4) is 17.6 Å². The molecule has 0 radical (unpaired) electrons. The van der Waals surface area contributed by atoms with Gasteiger partial charge in [-0.15, -0.1) is 0 Å². The monoisotopic (exact) mass is 312 g/mol. The summed E-state index contributed by atoms with van der Waals surface area (Å²) >= 11 is 0. The molecule has 0 heterocycles. The smallest absolute Gasteiger partial charge is 0.319 e. The topological polar surface area (TPSA) is 50.4 Å². The Kier molecular flexibility index (Phi) is 6.01. The van der Waals surface area contributed by atoms with Gasteiger partial charge in [-0.3, -0.25) is 0 Å². The molecule has 118 valence electrons. The molecule has 0 spiro atoms. The molecule has 2 N–H and O–H groups in total. The van der Waals surface area contributed by atoms with Crippen LogP contribution in [-0.2, 0) is 0 Å². The first-order chi connectivity index (χ1) is 11.2. The van der Waals surface area contributed by atoms with Gasteiger partial charge in [0.2, 0.25) is 0 Å². The number of hydrogen-bond donors (Lipinski definition) is 2. The lowest BCUT2D eigenvalue weighted by atomic mass is 10.2. The fraction of sp³-hybridized carbons (Fsp3) is 0.167. The predicted octanol–water partition coefficient (Wildman–Crippen LogP) is 3.40. The first-order valence-corrected chi connectivity index (χ1v) is 7.19. The molecule has 5 heteroatoms. The Balaban J connectivity index is 1.78. The van der Waals surface area contributed by atoms with E-state index in [4.69, 9.17) is 4.74 Å². The molecule has 0 saturated carbocycles. The Hall–Kier alpha value is -3.00. The zero-order chi connectivity index (χ0) is 16.5. The average molecular weight is 312 g/mol. The van der Waals surface area contributed by atoms with Gasteiger partial charge in [-0.1, -0.05) is 11.8 Å². The van der Waals surface area contributed by atoms with Gasteiger partial charge in [0.05, 0.1) is 13.2 Å². The third kappa shape index (κ3) is 5.71. The lowest BCUT2D eigenvalue weighted by Crippen LogP contribution is -2.28. The molecule has 4 nitrogen and oxygen atoms in total. The summed E-state index contributed by atoms with van der Waals surface area (Å²) in [7, 11) is 0. The lowest BCUT2D eigenvalue weighted by molar-refractivity contribution is 0.253. The van der Waals surface area contributed by atoms with Crippen LogP contribution in [0, 0.1) is 17.7 Å². The highest BCUT2D eigenvalue weighted by Gasteiger charge is 2.00. The molecule has 2 aromatic carbocycles. The molecule has 2 rings (SSSR count). The molecular formula is C18H17FN2O2. The minimum absolute atomic E-state index is 0.195. The number of halogens is 1. The average Bonchev–Trinajstić information content (AvgIpc) is 2.55. The van der Waals surface area contributed by atoms with Crippen LogP contribution < -0.4 is 15.4 Å². The molecule has 23 heavy (non-hydrogen) atoms. The molecule has 0 bridgehead atoms. The van der Waals surface area contributed by atoms with E-state index in [1.807, 2.05) is 6.92 Å². The van der Waals surface area contributed by atoms with E-state index in [2.05, 4.69) is 22.5 Å². The van der Waals surface area contributed by atoms with Crippen LogP contribution in [0.15, 0.2) is 48.5 Å². The second kappa shape index (κ2) is 8.44. The molecule has 0 saturated heterocycles. The zero-order valence-electron chi connectivity index (χ0n) is 12.7. The molecule has 0 aliphatic carbocycles. The minimum atomic E-state index is -0.345. The van der Waals surface area contributed by atoms with Crippen LogP contribution in [0.4, 0.5) is 14.9 Å². The summed E-state index contributed by atoms with van der Waals surface area (Å²) in [5.41, 5.74) is 1.36. The SMILES string of the molecule is CCOc1ccc(NC(=O)NCC#Cc2ccc(F)cc2)cc1. The summed E-state index contributed by atoms with van der Waals surface area (Å²) in [6.45, 7) is 2.70. The normalized spacial score (nSPS) is 9.48. The van der Waals surface area contributed by atoms with Crippen molar-refractivity contribution in [1.29, 1.82) is 0 Å². The predicted molar refractivity (Wildman–Crippen MR) is 87.9 cm³/mol. The number of anilines is 1. The van der Waals surface area contributed by atoms with Crippen LogP contribution in [0.2, 0.25) is 0 Å². The van der Waals surface area contributed by atoms with E-state index in [1.54, 1.807) is 36.4 Å². The molecule has 0 atom stereocenters.